The van der Waals surface area contributed by atoms with Crippen LogP contribution < -0.4 is 14.8 Å². The van der Waals surface area contributed by atoms with Crippen molar-refractivity contribution >= 4 is 0 Å². The van der Waals surface area contributed by atoms with E-state index in [2.05, 4.69) is 5.32 Å². The summed E-state index contributed by atoms with van der Waals surface area (Å²) in [6.45, 7) is 1.15. The summed E-state index contributed by atoms with van der Waals surface area (Å²) in [6.07, 6.45) is 2.16. The first-order valence-electron chi connectivity index (χ1n) is 6.99. The van der Waals surface area contributed by atoms with Gasteiger partial charge < -0.3 is 25.0 Å². The normalized spacial score (nSPS) is 18.1. The van der Waals surface area contributed by atoms with Crippen LogP contribution in [0.5, 0.6) is 11.5 Å². The number of hydrogen-bond acceptors (Lipinski definition) is 5. The van der Waals surface area contributed by atoms with E-state index in [1.54, 1.807) is 13.2 Å². The monoisotopic (exact) mass is 281 g/mol. The summed E-state index contributed by atoms with van der Waals surface area (Å²) in [5, 5.41) is 22.8. The molecule has 0 radical (unpaired) electrons. The standard InChI is InChI=1S/C15H23NO4/c1-19-13-4-2-5-14(8-13)20-10-12(17)9-16-11-15(18)6-3-7-15/h2,4-5,8,12,16-18H,3,6-7,9-11H2,1H3. The predicted molar refractivity (Wildman–Crippen MR) is 76.2 cm³/mol. The van der Waals surface area contributed by atoms with Gasteiger partial charge in [-0.3, -0.25) is 0 Å². The highest BCUT2D eigenvalue weighted by molar-refractivity contribution is 5.32. The van der Waals surface area contributed by atoms with E-state index >= 15 is 0 Å². The van der Waals surface area contributed by atoms with Crippen LogP contribution in [0, 0.1) is 0 Å². The van der Waals surface area contributed by atoms with Crippen molar-refractivity contribution in [1.29, 1.82) is 0 Å². The van der Waals surface area contributed by atoms with Crippen LogP contribution in [0.15, 0.2) is 24.3 Å². The summed E-state index contributed by atoms with van der Waals surface area (Å²) < 4.78 is 10.6. The molecule has 3 N–H and O–H groups in total. The van der Waals surface area contributed by atoms with E-state index in [4.69, 9.17) is 9.47 Å². The molecule has 2 rings (SSSR count). The number of nitrogens with one attached hydrogen (secondary N) is 1. The highest BCUT2D eigenvalue weighted by atomic mass is 16.5. The molecule has 1 unspecified atom stereocenters. The molecule has 112 valence electrons. The Kier molecular flexibility index (Phi) is 5.23. The average molecular weight is 281 g/mol. The molecule has 0 bridgehead atoms. The Balaban J connectivity index is 1.65. The minimum Gasteiger partial charge on any atom is -0.497 e. The molecule has 0 amide bonds. The Hall–Kier alpha value is -1.30. The van der Waals surface area contributed by atoms with Crippen LogP contribution in [0.4, 0.5) is 0 Å². The van der Waals surface area contributed by atoms with Crippen LogP contribution in [0.25, 0.3) is 0 Å². The molecule has 0 saturated heterocycles. The third-order valence-corrected chi connectivity index (χ3v) is 3.60. The smallest absolute Gasteiger partial charge is 0.123 e. The minimum absolute atomic E-state index is 0.207. The Morgan fingerprint density at radius 1 is 1.35 bits per heavy atom. The highest BCUT2D eigenvalue weighted by Gasteiger charge is 2.33. The van der Waals surface area contributed by atoms with Gasteiger partial charge >= 0.3 is 0 Å². The molecular formula is C15H23NO4. The molecule has 1 atom stereocenters. The van der Waals surface area contributed by atoms with Crippen molar-refractivity contribution in [1.82, 2.24) is 5.32 Å². The Labute approximate surface area is 119 Å². The summed E-state index contributed by atoms with van der Waals surface area (Å²) in [5.74, 6) is 1.39. The highest BCUT2D eigenvalue weighted by Crippen LogP contribution is 2.30. The lowest BCUT2D eigenvalue weighted by atomic mass is 9.80. The largest absolute Gasteiger partial charge is 0.497 e. The SMILES string of the molecule is COc1cccc(OCC(O)CNCC2(O)CCC2)c1. The van der Waals surface area contributed by atoms with E-state index < -0.39 is 11.7 Å². The second kappa shape index (κ2) is 6.92. The minimum atomic E-state index is -0.607. The molecular weight excluding hydrogens is 258 g/mol. The Morgan fingerprint density at radius 3 is 2.75 bits per heavy atom. The molecule has 1 aromatic rings. The summed E-state index contributed by atoms with van der Waals surface area (Å²) in [4.78, 5) is 0. The molecule has 1 saturated carbocycles. The zero-order valence-electron chi connectivity index (χ0n) is 11.8. The number of aliphatic hydroxyl groups excluding tert-OH is 1. The van der Waals surface area contributed by atoms with Gasteiger partial charge in [-0.1, -0.05) is 6.07 Å². The number of benzene rings is 1. The van der Waals surface area contributed by atoms with Crippen LogP contribution in [0.2, 0.25) is 0 Å². The van der Waals surface area contributed by atoms with Gasteiger partial charge in [0.05, 0.1) is 12.7 Å². The summed E-state index contributed by atoms with van der Waals surface area (Å²) in [7, 11) is 1.60. The molecule has 1 aromatic carbocycles. The first-order chi connectivity index (χ1) is 9.61. The average Bonchev–Trinajstić information content (AvgIpc) is 2.43. The van der Waals surface area contributed by atoms with Gasteiger partial charge in [0, 0.05) is 19.2 Å². The molecule has 0 heterocycles. The molecule has 0 spiro atoms. The van der Waals surface area contributed by atoms with E-state index in [0.717, 1.165) is 25.0 Å². The van der Waals surface area contributed by atoms with Gasteiger partial charge in [0.15, 0.2) is 0 Å². The molecule has 5 heteroatoms. The third-order valence-electron chi connectivity index (χ3n) is 3.60. The third kappa shape index (κ3) is 4.37. The van der Waals surface area contributed by atoms with Gasteiger partial charge in [-0.25, -0.2) is 0 Å². The maximum atomic E-state index is 9.90. The maximum absolute atomic E-state index is 9.90. The van der Waals surface area contributed by atoms with Crippen molar-refractivity contribution in [2.45, 2.75) is 31.0 Å². The lowest BCUT2D eigenvalue weighted by Gasteiger charge is -2.36. The van der Waals surface area contributed by atoms with Crippen molar-refractivity contribution in [2.75, 3.05) is 26.8 Å². The van der Waals surface area contributed by atoms with E-state index in [1.807, 2.05) is 18.2 Å². The first kappa shape index (κ1) is 15.1. The lowest BCUT2D eigenvalue weighted by molar-refractivity contribution is -0.0334. The topological polar surface area (TPSA) is 71.0 Å². The molecule has 1 aliphatic carbocycles. The fourth-order valence-corrected chi connectivity index (χ4v) is 2.18. The Morgan fingerprint density at radius 2 is 2.10 bits per heavy atom. The second-order valence-corrected chi connectivity index (χ2v) is 5.35. The van der Waals surface area contributed by atoms with Crippen molar-refractivity contribution in [2.24, 2.45) is 0 Å². The number of rotatable bonds is 8. The van der Waals surface area contributed by atoms with Crippen LogP contribution in [-0.2, 0) is 0 Å². The molecule has 1 aliphatic rings. The second-order valence-electron chi connectivity index (χ2n) is 5.35. The van der Waals surface area contributed by atoms with Crippen molar-refractivity contribution < 1.29 is 19.7 Å². The molecule has 0 aromatic heterocycles. The fourth-order valence-electron chi connectivity index (χ4n) is 2.18. The van der Waals surface area contributed by atoms with Gasteiger partial charge in [0.25, 0.3) is 0 Å². The van der Waals surface area contributed by atoms with Gasteiger partial charge in [-0.05, 0) is 31.4 Å². The summed E-state index contributed by atoms with van der Waals surface area (Å²) >= 11 is 0. The number of hydrogen-bond donors (Lipinski definition) is 3. The zero-order valence-corrected chi connectivity index (χ0v) is 11.8. The van der Waals surface area contributed by atoms with Crippen LogP contribution in [0.1, 0.15) is 19.3 Å². The van der Waals surface area contributed by atoms with Crippen molar-refractivity contribution in [3.63, 3.8) is 0 Å². The molecule has 5 nitrogen and oxygen atoms in total. The van der Waals surface area contributed by atoms with Crippen molar-refractivity contribution in [3.8, 4) is 11.5 Å². The number of aliphatic hydroxyl groups is 2. The van der Waals surface area contributed by atoms with Crippen molar-refractivity contribution in [3.05, 3.63) is 24.3 Å². The number of methoxy groups -OCH3 is 1. The molecule has 1 fully saturated rings. The molecule has 20 heavy (non-hydrogen) atoms. The van der Waals surface area contributed by atoms with Crippen LogP contribution in [-0.4, -0.2) is 48.7 Å². The first-order valence-corrected chi connectivity index (χ1v) is 6.99. The van der Waals surface area contributed by atoms with Gasteiger partial charge in [-0.15, -0.1) is 0 Å². The van der Waals surface area contributed by atoms with Gasteiger partial charge in [0.1, 0.15) is 24.2 Å². The van der Waals surface area contributed by atoms with Gasteiger partial charge in [0.2, 0.25) is 0 Å². The molecule has 0 aliphatic heterocycles. The maximum Gasteiger partial charge on any atom is 0.123 e. The Bertz CT molecular complexity index is 420. The number of ether oxygens (including phenoxy) is 2. The van der Waals surface area contributed by atoms with E-state index in [-0.39, 0.29) is 6.61 Å². The van der Waals surface area contributed by atoms with E-state index in [1.165, 1.54) is 0 Å². The van der Waals surface area contributed by atoms with E-state index in [9.17, 15) is 10.2 Å². The quantitative estimate of drug-likeness (QED) is 0.661. The lowest BCUT2D eigenvalue weighted by Crippen LogP contribution is -2.48. The predicted octanol–water partition coefficient (Wildman–Crippen LogP) is 0.939. The van der Waals surface area contributed by atoms with Crippen LogP contribution in [0.3, 0.4) is 0 Å². The van der Waals surface area contributed by atoms with Gasteiger partial charge in [-0.2, -0.15) is 0 Å². The zero-order chi connectivity index (χ0) is 14.4. The summed E-state index contributed by atoms with van der Waals surface area (Å²) in [5.41, 5.74) is -0.562. The fraction of sp³-hybridized carbons (Fsp3) is 0.600. The van der Waals surface area contributed by atoms with E-state index in [0.29, 0.717) is 18.8 Å². The summed E-state index contributed by atoms with van der Waals surface area (Å²) in [6, 6.07) is 7.27. The van der Waals surface area contributed by atoms with Crippen LogP contribution >= 0.6 is 0 Å².